The number of likely N-dealkylation sites (N-methyl/N-ethyl adjacent to an activating group) is 1. The third-order valence-corrected chi connectivity index (χ3v) is 3.09. The molecule has 0 aromatic carbocycles. The Morgan fingerprint density at radius 3 is 3.11 bits per heavy atom. The molecule has 18 heavy (non-hydrogen) atoms. The van der Waals surface area contributed by atoms with E-state index in [-0.39, 0.29) is 18.3 Å². The molecule has 0 saturated heterocycles. The van der Waals surface area contributed by atoms with Crippen molar-refractivity contribution < 1.29 is 4.79 Å². The molecular weight excluding hydrogens is 250 g/mol. The van der Waals surface area contributed by atoms with Crippen molar-refractivity contribution in [3.8, 4) is 6.07 Å². The summed E-state index contributed by atoms with van der Waals surface area (Å²) in [5.74, 6) is -0.00104. The highest BCUT2D eigenvalue weighted by atomic mass is 32.1. The molecule has 2 rings (SSSR count). The van der Waals surface area contributed by atoms with Crippen LogP contribution in [-0.4, -0.2) is 32.6 Å². The van der Waals surface area contributed by atoms with Gasteiger partial charge in [-0.2, -0.15) is 16.6 Å². The van der Waals surface area contributed by atoms with Crippen molar-refractivity contribution in [2.24, 2.45) is 0 Å². The number of hydrogen-bond acceptors (Lipinski definition) is 5. The van der Waals surface area contributed by atoms with Gasteiger partial charge in [0.15, 0.2) is 0 Å². The first-order valence-corrected chi connectivity index (χ1v) is 6.18. The molecule has 0 aliphatic rings. The van der Waals surface area contributed by atoms with Gasteiger partial charge in [-0.05, 0) is 22.4 Å². The lowest BCUT2D eigenvalue weighted by atomic mass is 10.3. The molecule has 0 bridgehead atoms. The Morgan fingerprint density at radius 2 is 2.50 bits per heavy atom. The van der Waals surface area contributed by atoms with Gasteiger partial charge in [0, 0.05) is 13.6 Å². The topological polar surface area (TPSA) is 74.8 Å². The van der Waals surface area contributed by atoms with Crippen LogP contribution in [0.2, 0.25) is 0 Å². The Morgan fingerprint density at radius 1 is 1.67 bits per heavy atom. The zero-order valence-corrected chi connectivity index (χ0v) is 10.6. The molecule has 6 nitrogen and oxygen atoms in total. The lowest BCUT2D eigenvalue weighted by Gasteiger charge is -2.16. The molecule has 0 atom stereocenters. The van der Waals surface area contributed by atoms with E-state index in [1.54, 1.807) is 23.3 Å². The molecule has 2 aromatic heterocycles. The van der Waals surface area contributed by atoms with Crippen molar-refractivity contribution in [3.05, 3.63) is 34.5 Å². The van der Waals surface area contributed by atoms with E-state index in [9.17, 15) is 4.79 Å². The number of nitrogens with zero attached hydrogens (tertiary/aromatic N) is 5. The predicted molar refractivity (Wildman–Crippen MR) is 65.5 cm³/mol. The van der Waals surface area contributed by atoms with Gasteiger partial charge in [0.1, 0.15) is 18.9 Å². The first kappa shape index (κ1) is 12.3. The van der Waals surface area contributed by atoms with E-state index in [4.69, 9.17) is 5.26 Å². The summed E-state index contributed by atoms with van der Waals surface area (Å²) in [6.07, 6.45) is 1.38. The van der Waals surface area contributed by atoms with Gasteiger partial charge in [0.05, 0.1) is 0 Å². The van der Waals surface area contributed by atoms with Gasteiger partial charge in [0.2, 0.25) is 5.91 Å². The summed E-state index contributed by atoms with van der Waals surface area (Å²) in [4.78, 5) is 17.3. The third-order valence-electron chi connectivity index (χ3n) is 2.36. The predicted octanol–water partition coefficient (Wildman–Crippen LogP) is 0.870. The fourth-order valence-corrected chi connectivity index (χ4v) is 2.09. The number of nitriles is 1. The summed E-state index contributed by atoms with van der Waals surface area (Å²) in [5, 5.41) is 16.4. The van der Waals surface area contributed by atoms with Crippen LogP contribution < -0.4 is 0 Å². The van der Waals surface area contributed by atoms with Gasteiger partial charge in [-0.25, -0.2) is 9.67 Å². The molecule has 0 radical (unpaired) electrons. The van der Waals surface area contributed by atoms with E-state index in [2.05, 4.69) is 10.1 Å². The lowest BCUT2D eigenvalue weighted by Crippen LogP contribution is -2.29. The Labute approximate surface area is 108 Å². The van der Waals surface area contributed by atoms with E-state index < -0.39 is 0 Å². The Balaban J connectivity index is 1.93. The molecular formula is C11H11N5OS. The average molecular weight is 261 g/mol. The molecule has 1 amide bonds. The number of amides is 1. The molecule has 0 aliphatic heterocycles. The summed E-state index contributed by atoms with van der Waals surface area (Å²) in [6, 6.07) is 3.80. The van der Waals surface area contributed by atoms with Gasteiger partial charge in [-0.3, -0.25) is 4.79 Å². The summed E-state index contributed by atoms with van der Waals surface area (Å²) >= 11 is 1.60. The maximum Gasteiger partial charge on any atom is 0.252 e. The molecule has 0 fully saturated rings. The summed E-state index contributed by atoms with van der Waals surface area (Å²) < 4.78 is 1.37. The SMILES string of the molecule is CN(Cc1ccsc1)C(=O)Cn1cnc(C#N)n1. The summed E-state index contributed by atoms with van der Waals surface area (Å²) in [7, 11) is 1.74. The van der Waals surface area contributed by atoms with Crippen LogP contribution in [-0.2, 0) is 17.9 Å². The number of hydrogen-bond donors (Lipinski definition) is 0. The number of carbonyl (C=O) groups excluding carboxylic acids is 1. The monoisotopic (exact) mass is 261 g/mol. The van der Waals surface area contributed by atoms with Crippen LogP contribution in [0.3, 0.4) is 0 Å². The van der Waals surface area contributed by atoms with Gasteiger partial charge in [-0.15, -0.1) is 5.10 Å². The maximum absolute atomic E-state index is 11.9. The summed E-state index contributed by atoms with van der Waals surface area (Å²) in [5.41, 5.74) is 1.10. The van der Waals surface area contributed by atoms with E-state index in [1.807, 2.05) is 22.9 Å². The second kappa shape index (κ2) is 5.42. The Hall–Kier alpha value is -2.20. The fraction of sp³-hybridized carbons (Fsp3) is 0.273. The number of carbonyl (C=O) groups is 1. The van der Waals surface area contributed by atoms with Gasteiger partial charge in [0.25, 0.3) is 5.82 Å². The van der Waals surface area contributed by atoms with Gasteiger partial charge in [-0.1, -0.05) is 0 Å². The highest BCUT2D eigenvalue weighted by Gasteiger charge is 2.11. The normalized spacial score (nSPS) is 10.0. The quantitative estimate of drug-likeness (QED) is 0.818. The maximum atomic E-state index is 11.9. The molecule has 2 aromatic rings. The van der Waals surface area contributed by atoms with Crippen LogP contribution in [0.1, 0.15) is 11.4 Å². The van der Waals surface area contributed by atoms with E-state index >= 15 is 0 Å². The molecule has 0 unspecified atom stereocenters. The largest absolute Gasteiger partial charge is 0.340 e. The van der Waals surface area contributed by atoms with E-state index in [1.165, 1.54) is 11.0 Å². The minimum atomic E-state index is -0.0735. The standard InChI is InChI=1S/C11H11N5OS/c1-15(5-9-2-3-18-7-9)11(17)6-16-8-13-10(4-12)14-16/h2-3,7-8H,5-6H2,1H3. The van der Waals surface area contributed by atoms with Crippen LogP contribution in [0.4, 0.5) is 0 Å². The van der Waals surface area contributed by atoms with Crippen molar-refractivity contribution in [1.29, 1.82) is 5.26 Å². The molecule has 0 N–H and O–H groups in total. The van der Waals surface area contributed by atoms with E-state index in [0.717, 1.165) is 5.56 Å². The molecule has 0 saturated carbocycles. The molecule has 7 heteroatoms. The highest BCUT2D eigenvalue weighted by Crippen LogP contribution is 2.08. The zero-order valence-electron chi connectivity index (χ0n) is 9.78. The van der Waals surface area contributed by atoms with Crippen LogP contribution in [0.25, 0.3) is 0 Å². The van der Waals surface area contributed by atoms with Crippen molar-refractivity contribution >= 4 is 17.2 Å². The van der Waals surface area contributed by atoms with Gasteiger partial charge < -0.3 is 4.90 Å². The molecule has 2 heterocycles. The highest BCUT2D eigenvalue weighted by molar-refractivity contribution is 7.07. The zero-order chi connectivity index (χ0) is 13.0. The second-order valence-electron chi connectivity index (χ2n) is 3.76. The summed E-state index contributed by atoms with van der Waals surface area (Å²) in [6.45, 7) is 0.664. The first-order valence-electron chi connectivity index (χ1n) is 5.23. The minimum absolute atomic E-state index is 0.0725. The van der Waals surface area contributed by atoms with Crippen molar-refractivity contribution in [2.45, 2.75) is 13.1 Å². The Kier molecular flexibility index (Phi) is 3.69. The second-order valence-corrected chi connectivity index (χ2v) is 4.54. The van der Waals surface area contributed by atoms with Crippen molar-refractivity contribution in [3.63, 3.8) is 0 Å². The van der Waals surface area contributed by atoms with Crippen LogP contribution in [0.5, 0.6) is 0 Å². The molecule has 0 spiro atoms. The Bertz CT molecular complexity index is 569. The minimum Gasteiger partial charge on any atom is -0.340 e. The van der Waals surface area contributed by atoms with E-state index in [0.29, 0.717) is 6.54 Å². The third kappa shape index (κ3) is 2.93. The van der Waals surface area contributed by atoms with Gasteiger partial charge >= 0.3 is 0 Å². The number of aromatic nitrogens is 3. The van der Waals surface area contributed by atoms with Crippen molar-refractivity contribution in [1.82, 2.24) is 19.7 Å². The lowest BCUT2D eigenvalue weighted by molar-refractivity contribution is -0.131. The van der Waals surface area contributed by atoms with Crippen LogP contribution in [0, 0.1) is 11.3 Å². The van der Waals surface area contributed by atoms with Crippen molar-refractivity contribution in [2.75, 3.05) is 7.05 Å². The molecule has 0 aliphatic carbocycles. The number of thiophene rings is 1. The number of rotatable bonds is 4. The smallest absolute Gasteiger partial charge is 0.252 e. The molecule has 92 valence electrons. The fourth-order valence-electron chi connectivity index (χ4n) is 1.43. The first-order chi connectivity index (χ1) is 8.69. The average Bonchev–Trinajstić information content (AvgIpc) is 3.00. The van der Waals surface area contributed by atoms with Crippen LogP contribution in [0.15, 0.2) is 23.2 Å². The van der Waals surface area contributed by atoms with Crippen LogP contribution >= 0.6 is 11.3 Å².